The van der Waals surface area contributed by atoms with Gasteiger partial charge >= 0.3 is 0 Å². The first-order valence-corrected chi connectivity index (χ1v) is 4.80. The lowest BCUT2D eigenvalue weighted by atomic mass is 9.88. The van der Waals surface area contributed by atoms with E-state index in [0.717, 1.165) is 12.1 Å². The summed E-state index contributed by atoms with van der Waals surface area (Å²) in [5.74, 6) is 0.607. The summed E-state index contributed by atoms with van der Waals surface area (Å²) in [6.07, 6.45) is 3.53. The summed E-state index contributed by atoms with van der Waals surface area (Å²) in [6, 6.07) is 0. The molecule has 0 saturated carbocycles. The number of hydrogen-bond donors (Lipinski definition) is 1. The van der Waals surface area contributed by atoms with E-state index in [0.29, 0.717) is 5.92 Å². The zero-order chi connectivity index (χ0) is 10.5. The Bertz CT molecular complexity index is 195. The van der Waals surface area contributed by atoms with E-state index in [1.165, 1.54) is 0 Å². The maximum Gasteiger partial charge on any atom is 0.0412 e. The largest absolute Gasteiger partial charge is 0.404 e. The predicted octanol–water partition coefficient (Wildman–Crippen LogP) is 2.60. The van der Waals surface area contributed by atoms with Crippen LogP contribution in [0.15, 0.2) is 16.8 Å². The van der Waals surface area contributed by atoms with Gasteiger partial charge in [0.25, 0.3) is 0 Å². The highest BCUT2D eigenvalue weighted by Gasteiger charge is 2.14. The molecule has 0 heterocycles. The van der Waals surface area contributed by atoms with Crippen LogP contribution >= 0.6 is 0 Å². The van der Waals surface area contributed by atoms with Crippen molar-refractivity contribution in [1.29, 1.82) is 0 Å². The first-order valence-electron chi connectivity index (χ1n) is 4.80. The summed E-state index contributed by atoms with van der Waals surface area (Å²) in [7, 11) is 0. The van der Waals surface area contributed by atoms with Gasteiger partial charge in [0.1, 0.15) is 0 Å². The van der Waals surface area contributed by atoms with Crippen LogP contribution in [0.1, 0.15) is 34.6 Å². The molecule has 2 N–H and O–H groups in total. The maximum atomic E-state index is 5.52. The molecule has 0 unspecified atom stereocenters. The van der Waals surface area contributed by atoms with Gasteiger partial charge in [-0.3, -0.25) is 4.99 Å². The molecule has 0 spiro atoms. The molecular formula is C11H22N2. The van der Waals surface area contributed by atoms with E-state index in [1.807, 2.05) is 6.21 Å². The smallest absolute Gasteiger partial charge is 0.0412 e. The number of nitrogens with two attached hydrogens (primary N) is 1. The van der Waals surface area contributed by atoms with E-state index in [9.17, 15) is 0 Å². The Hall–Kier alpha value is -0.790. The standard InChI is InChI=1S/C11H22N2/c1-9(2)7-13-8-10(6-12)11(3,4)5/h6,8-9H,7,12H2,1-5H3/b10-6+,13-8?. The van der Waals surface area contributed by atoms with Gasteiger partial charge in [-0.25, -0.2) is 0 Å². The van der Waals surface area contributed by atoms with Crippen LogP contribution in [0.2, 0.25) is 0 Å². The Morgan fingerprint density at radius 2 is 1.92 bits per heavy atom. The minimum absolute atomic E-state index is 0.0925. The van der Waals surface area contributed by atoms with Gasteiger partial charge in [-0.05, 0) is 23.1 Å². The third-order valence-electron chi connectivity index (χ3n) is 1.75. The Morgan fingerprint density at radius 1 is 1.38 bits per heavy atom. The van der Waals surface area contributed by atoms with Crippen LogP contribution in [0.25, 0.3) is 0 Å². The third-order valence-corrected chi connectivity index (χ3v) is 1.75. The zero-order valence-electron chi connectivity index (χ0n) is 9.46. The van der Waals surface area contributed by atoms with Gasteiger partial charge in [-0.15, -0.1) is 0 Å². The molecule has 2 nitrogen and oxygen atoms in total. The van der Waals surface area contributed by atoms with Crippen LogP contribution in [-0.2, 0) is 0 Å². The van der Waals surface area contributed by atoms with Crippen molar-refractivity contribution in [1.82, 2.24) is 0 Å². The predicted molar refractivity (Wildman–Crippen MR) is 59.9 cm³/mol. The number of rotatable bonds is 3. The molecule has 76 valence electrons. The molecule has 0 bridgehead atoms. The fraction of sp³-hybridized carbons (Fsp3) is 0.727. The molecular weight excluding hydrogens is 160 g/mol. The van der Waals surface area contributed by atoms with Crippen molar-refractivity contribution in [2.45, 2.75) is 34.6 Å². The molecule has 0 aliphatic rings. The van der Waals surface area contributed by atoms with Gasteiger partial charge in [-0.2, -0.15) is 0 Å². The van der Waals surface area contributed by atoms with Crippen LogP contribution in [0.4, 0.5) is 0 Å². The van der Waals surface area contributed by atoms with E-state index in [4.69, 9.17) is 5.73 Å². The molecule has 2 heteroatoms. The molecule has 0 aromatic heterocycles. The van der Waals surface area contributed by atoms with E-state index in [1.54, 1.807) is 6.20 Å². The molecule has 13 heavy (non-hydrogen) atoms. The van der Waals surface area contributed by atoms with Gasteiger partial charge in [0, 0.05) is 12.8 Å². The highest BCUT2D eigenvalue weighted by molar-refractivity contribution is 5.79. The average molecular weight is 182 g/mol. The monoisotopic (exact) mass is 182 g/mol. The fourth-order valence-electron chi connectivity index (χ4n) is 0.849. The number of hydrogen-bond acceptors (Lipinski definition) is 2. The van der Waals surface area contributed by atoms with Crippen LogP contribution in [-0.4, -0.2) is 12.8 Å². The zero-order valence-corrected chi connectivity index (χ0v) is 9.46. The summed E-state index contributed by atoms with van der Waals surface area (Å²) >= 11 is 0. The molecule has 0 aromatic carbocycles. The first kappa shape index (κ1) is 12.2. The Labute approximate surface area is 81.9 Å². The quantitative estimate of drug-likeness (QED) is 0.669. The summed E-state index contributed by atoms with van der Waals surface area (Å²) in [5, 5.41) is 0. The Balaban J connectivity index is 4.24. The van der Waals surface area contributed by atoms with Gasteiger partial charge < -0.3 is 5.73 Å². The third kappa shape index (κ3) is 5.45. The second-order valence-corrected chi connectivity index (χ2v) is 4.76. The number of allylic oxidation sites excluding steroid dienone is 1. The number of nitrogens with zero attached hydrogens (tertiary/aromatic N) is 1. The lowest BCUT2D eigenvalue weighted by molar-refractivity contribution is 0.524. The van der Waals surface area contributed by atoms with Crippen molar-refractivity contribution >= 4 is 6.21 Å². The van der Waals surface area contributed by atoms with Crippen LogP contribution in [0.3, 0.4) is 0 Å². The molecule has 0 atom stereocenters. The van der Waals surface area contributed by atoms with Crippen molar-refractivity contribution in [3.8, 4) is 0 Å². The summed E-state index contributed by atoms with van der Waals surface area (Å²) < 4.78 is 0. The number of aliphatic imine (C=N–C) groups is 1. The highest BCUT2D eigenvalue weighted by Crippen LogP contribution is 2.22. The van der Waals surface area contributed by atoms with Crippen LogP contribution < -0.4 is 5.73 Å². The Morgan fingerprint density at radius 3 is 2.23 bits per heavy atom. The molecule has 0 amide bonds. The lowest BCUT2D eigenvalue weighted by Crippen LogP contribution is -2.12. The van der Waals surface area contributed by atoms with Crippen molar-refractivity contribution in [3.63, 3.8) is 0 Å². The normalized spacial score (nSPS) is 14.5. The van der Waals surface area contributed by atoms with E-state index in [2.05, 4.69) is 39.6 Å². The minimum atomic E-state index is 0.0925. The lowest BCUT2D eigenvalue weighted by Gasteiger charge is -2.18. The SMILES string of the molecule is CC(C)CN=C/C(=C\N)C(C)(C)C. The van der Waals surface area contributed by atoms with Crippen molar-refractivity contribution in [2.75, 3.05) is 6.54 Å². The second-order valence-electron chi connectivity index (χ2n) is 4.76. The molecule has 0 saturated heterocycles. The summed E-state index contributed by atoms with van der Waals surface area (Å²) in [4.78, 5) is 4.34. The minimum Gasteiger partial charge on any atom is -0.404 e. The molecule has 0 fully saturated rings. The van der Waals surface area contributed by atoms with Gasteiger partial charge in [0.2, 0.25) is 0 Å². The Kier molecular flexibility index (Phi) is 4.74. The molecule has 0 aromatic rings. The first-order chi connectivity index (χ1) is 5.88. The molecule has 0 radical (unpaired) electrons. The van der Waals surface area contributed by atoms with Gasteiger partial charge in [0.15, 0.2) is 0 Å². The second kappa shape index (κ2) is 5.05. The van der Waals surface area contributed by atoms with Crippen LogP contribution in [0, 0.1) is 11.3 Å². The highest BCUT2D eigenvalue weighted by atomic mass is 14.7. The van der Waals surface area contributed by atoms with Gasteiger partial charge in [0.05, 0.1) is 0 Å². The van der Waals surface area contributed by atoms with Gasteiger partial charge in [-0.1, -0.05) is 34.6 Å². The summed E-state index contributed by atoms with van der Waals surface area (Å²) in [6.45, 7) is 11.6. The van der Waals surface area contributed by atoms with Crippen LogP contribution in [0.5, 0.6) is 0 Å². The topological polar surface area (TPSA) is 38.4 Å². The van der Waals surface area contributed by atoms with E-state index < -0.39 is 0 Å². The molecule has 0 aliphatic carbocycles. The fourth-order valence-corrected chi connectivity index (χ4v) is 0.849. The average Bonchev–Trinajstić information content (AvgIpc) is 1.95. The van der Waals surface area contributed by atoms with Crippen molar-refractivity contribution < 1.29 is 0 Å². The molecule has 0 aliphatic heterocycles. The molecule has 0 rings (SSSR count). The van der Waals surface area contributed by atoms with Crippen molar-refractivity contribution in [3.05, 3.63) is 11.8 Å². The van der Waals surface area contributed by atoms with E-state index in [-0.39, 0.29) is 5.41 Å². The van der Waals surface area contributed by atoms with Crippen molar-refractivity contribution in [2.24, 2.45) is 22.1 Å². The summed E-state index contributed by atoms with van der Waals surface area (Å²) in [5.41, 5.74) is 6.71. The van der Waals surface area contributed by atoms with E-state index >= 15 is 0 Å². The maximum absolute atomic E-state index is 5.52.